The van der Waals surface area contributed by atoms with Crippen LogP contribution in [0, 0.1) is 6.92 Å². The van der Waals surface area contributed by atoms with E-state index < -0.39 is 0 Å². The third kappa shape index (κ3) is 4.79. The molecular formula is C20H32N2O. The van der Waals surface area contributed by atoms with Crippen LogP contribution in [0.2, 0.25) is 0 Å². The topological polar surface area (TPSA) is 26.7 Å². The lowest BCUT2D eigenvalue weighted by Gasteiger charge is -2.39. The van der Waals surface area contributed by atoms with E-state index >= 15 is 0 Å². The first kappa shape index (κ1) is 16.9. The molecule has 2 aliphatic heterocycles. The lowest BCUT2D eigenvalue weighted by Crippen LogP contribution is -2.49. The predicted octanol–water partition coefficient (Wildman–Crippen LogP) is 3.37. The van der Waals surface area contributed by atoms with Crippen molar-refractivity contribution in [1.29, 1.82) is 0 Å². The van der Waals surface area contributed by atoms with E-state index in [9.17, 15) is 5.11 Å². The van der Waals surface area contributed by atoms with Gasteiger partial charge in [-0.2, -0.15) is 0 Å². The molecule has 0 amide bonds. The van der Waals surface area contributed by atoms with E-state index in [0.29, 0.717) is 6.04 Å². The molecule has 2 atom stereocenters. The molecule has 0 saturated carbocycles. The van der Waals surface area contributed by atoms with E-state index in [-0.39, 0.29) is 6.10 Å². The van der Waals surface area contributed by atoms with E-state index in [0.717, 1.165) is 25.2 Å². The molecule has 2 heterocycles. The minimum Gasteiger partial charge on any atom is -0.387 e. The van der Waals surface area contributed by atoms with Crippen LogP contribution >= 0.6 is 0 Å². The highest BCUT2D eigenvalue weighted by molar-refractivity contribution is 5.23. The summed E-state index contributed by atoms with van der Waals surface area (Å²) in [4.78, 5) is 5.20. The summed E-state index contributed by atoms with van der Waals surface area (Å²) in [6.07, 6.45) is 7.76. The molecule has 2 unspecified atom stereocenters. The fourth-order valence-electron chi connectivity index (χ4n) is 4.09. The minimum atomic E-state index is -0.363. The van der Waals surface area contributed by atoms with Gasteiger partial charge < -0.3 is 5.11 Å². The first-order valence-electron chi connectivity index (χ1n) is 9.43. The number of aliphatic hydroxyl groups is 1. The maximum absolute atomic E-state index is 10.5. The fraction of sp³-hybridized carbons (Fsp3) is 0.700. The molecule has 2 saturated heterocycles. The summed E-state index contributed by atoms with van der Waals surface area (Å²) in [7, 11) is 0. The van der Waals surface area contributed by atoms with Crippen molar-refractivity contribution < 1.29 is 5.11 Å². The van der Waals surface area contributed by atoms with Gasteiger partial charge in [0.25, 0.3) is 0 Å². The Morgan fingerprint density at radius 1 is 1.00 bits per heavy atom. The van der Waals surface area contributed by atoms with Gasteiger partial charge in [-0.25, -0.2) is 0 Å². The molecule has 3 rings (SSSR count). The van der Waals surface area contributed by atoms with Gasteiger partial charge in [0.05, 0.1) is 6.10 Å². The minimum absolute atomic E-state index is 0.363. The zero-order valence-electron chi connectivity index (χ0n) is 14.6. The van der Waals surface area contributed by atoms with Crippen molar-refractivity contribution in [2.75, 3.05) is 32.7 Å². The smallest absolute Gasteiger partial charge is 0.0916 e. The number of likely N-dealkylation sites (tertiary alicyclic amines) is 2. The average Bonchev–Trinajstić information content (AvgIpc) is 2.85. The Morgan fingerprint density at radius 3 is 2.39 bits per heavy atom. The highest BCUT2D eigenvalue weighted by atomic mass is 16.3. The number of benzene rings is 1. The Labute approximate surface area is 141 Å². The number of aryl methyl sites for hydroxylation is 1. The van der Waals surface area contributed by atoms with Crippen molar-refractivity contribution in [2.24, 2.45) is 0 Å². The quantitative estimate of drug-likeness (QED) is 0.922. The molecule has 1 N–H and O–H groups in total. The SMILES string of the molecule is Cc1ccc(C(O)CN2CCCC(N3CCCCCC3)C2)cc1. The van der Waals surface area contributed by atoms with Gasteiger partial charge in [0.2, 0.25) is 0 Å². The molecule has 128 valence electrons. The van der Waals surface area contributed by atoms with Gasteiger partial charge in [-0.15, -0.1) is 0 Å². The van der Waals surface area contributed by atoms with E-state index in [4.69, 9.17) is 0 Å². The van der Waals surface area contributed by atoms with Crippen molar-refractivity contribution in [1.82, 2.24) is 9.80 Å². The summed E-state index contributed by atoms with van der Waals surface area (Å²) < 4.78 is 0. The maximum Gasteiger partial charge on any atom is 0.0916 e. The van der Waals surface area contributed by atoms with E-state index in [2.05, 4.69) is 41.0 Å². The largest absolute Gasteiger partial charge is 0.387 e. The molecule has 2 fully saturated rings. The lowest BCUT2D eigenvalue weighted by molar-refractivity contribution is 0.0583. The second kappa shape index (κ2) is 8.27. The van der Waals surface area contributed by atoms with Crippen molar-refractivity contribution >= 4 is 0 Å². The molecule has 0 aliphatic carbocycles. The average molecular weight is 316 g/mol. The number of aliphatic hydroxyl groups excluding tert-OH is 1. The van der Waals surface area contributed by atoms with Crippen molar-refractivity contribution in [2.45, 2.75) is 57.6 Å². The molecule has 0 bridgehead atoms. The predicted molar refractivity (Wildman–Crippen MR) is 95.6 cm³/mol. The Kier molecular flexibility index (Phi) is 6.09. The van der Waals surface area contributed by atoms with Crippen LogP contribution < -0.4 is 0 Å². The molecule has 2 aliphatic rings. The molecule has 0 aromatic heterocycles. The van der Waals surface area contributed by atoms with Gasteiger partial charge in [-0.05, 0) is 57.8 Å². The normalized spacial score (nSPS) is 25.9. The number of β-amino-alcohol motifs (C(OH)–C–C–N with tert-alkyl or cyclic N) is 1. The first-order chi connectivity index (χ1) is 11.2. The monoisotopic (exact) mass is 316 g/mol. The molecule has 0 radical (unpaired) electrons. The summed E-state index contributed by atoms with van der Waals surface area (Å²) in [5, 5.41) is 10.5. The number of nitrogens with zero attached hydrogens (tertiary/aromatic N) is 2. The standard InChI is InChI=1S/C20H32N2O/c1-17-8-10-18(11-9-17)20(23)16-21-12-6-7-19(15-21)22-13-4-2-3-5-14-22/h8-11,19-20,23H,2-7,12-16H2,1H3. The third-order valence-electron chi connectivity index (χ3n) is 5.53. The van der Waals surface area contributed by atoms with Crippen LogP contribution in [0.25, 0.3) is 0 Å². The van der Waals surface area contributed by atoms with Crippen LogP contribution in [-0.2, 0) is 0 Å². The summed E-state index contributed by atoms with van der Waals surface area (Å²) in [6.45, 7) is 7.67. The molecule has 3 heteroatoms. The Balaban J connectivity index is 1.54. The van der Waals surface area contributed by atoms with E-state index in [1.54, 1.807) is 0 Å². The van der Waals surface area contributed by atoms with Crippen LogP contribution in [0.1, 0.15) is 55.8 Å². The Morgan fingerprint density at radius 2 is 1.70 bits per heavy atom. The lowest BCUT2D eigenvalue weighted by atomic mass is 10.0. The zero-order chi connectivity index (χ0) is 16.1. The first-order valence-corrected chi connectivity index (χ1v) is 9.43. The Bertz CT molecular complexity index is 465. The van der Waals surface area contributed by atoms with Gasteiger partial charge in [-0.3, -0.25) is 9.80 Å². The zero-order valence-corrected chi connectivity index (χ0v) is 14.6. The number of piperidine rings is 1. The molecule has 3 nitrogen and oxygen atoms in total. The molecule has 1 aromatic rings. The van der Waals surface area contributed by atoms with Crippen molar-refractivity contribution in [3.63, 3.8) is 0 Å². The highest BCUT2D eigenvalue weighted by Gasteiger charge is 2.26. The number of hydrogen-bond donors (Lipinski definition) is 1. The number of hydrogen-bond acceptors (Lipinski definition) is 3. The molecular weight excluding hydrogens is 284 g/mol. The summed E-state index contributed by atoms with van der Waals surface area (Å²) in [6, 6.07) is 9.02. The van der Waals surface area contributed by atoms with Crippen molar-refractivity contribution in [3.8, 4) is 0 Å². The highest BCUT2D eigenvalue weighted by Crippen LogP contribution is 2.22. The van der Waals surface area contributed by atoms with Crippen LogP contribution in [0.4, 0.5) is 0 Å². The van der Waals surface area contributed by atoms with E-state index in [1.165, 1.54) is 57.2 Å². The van der Waals surface area contributed by atoms with Gasteiger partial charge in [-0.1, -0.05) is 42.7 Å². The maximum atomic E-state index is 10.5. The second-order valence-corrected chi connectivity index (χ2v) is 7.43. The summed E-state index contributed by atoms with van der Waals surface area (Å²) in [5.41, 5.74) is 2.30. The van der Waals surface area contributed by atoms with Gasteiger partial charge in [0, 0.05) is 19.1 Å². The van der Waals surface area contributed by atoms with Crippen LogP contribution in [0.15, 0.2) is 24.3 Å². The van der Waals surface area contributed by atoms with Gasteiger partial charge in [0.15, 0.2) is 0 Å². The van der Waals surface area contributed by atoms with Crippen LogP contribution in [0.5, 0.6) is 0 Å². The van der Waals surface area contributed by atoms with Gasteiger partial charge in [0.1, 0.15) is 0 Å². The van der Waals surface area contributed by atoms with Gasteiger partial charge >= 0.3 is 0 Å². The summed E-state index contributed by atoms with van der Waals surface area (Å²) >= 11 is 0. The molecule has 23 heavy (non-hydrogen) atoms. The summed E-state index contributed by atoms with van der Waals surface area (Å²) in [5.74, 6) is 0. The second-order valence-electron chi connectivity index (χ2n) is 7.43. The Hall–Kier alpha value is -0.900. The molecule has 0 spiro atoms. The molecule has 1 aromatic carbocycles. The van der Waals surface area contributed by atoms with Crippen molar-refractivity contribution in [3.05, 3.63) is 35.4 Å². The fourth-order valence-corrected chi connectivity index (χ4v) is 4.09. The van der Waals surface area contributed by atoms with E-state index in [1.807, 2.05) is 0 Å². The van der Waals surface area contributed by atoms with Crippen LogP contribution in [0.3, 0.4) is 0 Å². The van der Waals surface area contributed by atoms with Crippen LogP contribution in [-0.4, -0.2) is 53.7 Å². The number of rotatable bonds is 4. The third-order valence-corrected chi connectivity index (χ3v) is 5.53.